The summed E-state index contributed by atoms with van der Waals surface area (Å²) in [4.78, 5) is 12.1. The summed E-state index contributed by atoms with van der Waals surface area (Å²) in [5.41, 5.74) is 5.41. The zero-order valence-electron chi connectivity index (χ0n) is 17.4. The molecule has 0 bridgehead atoms. The number of ether oxygens (including phenoxy) is 1. The Balaban J connectivity index is 1.63. The molecular formula is C24H21Cl3N2O3. The van der Waals surface area contributed by atoms with Crippen LogP contribution in [0.5, 0.6) is 11.5 Å². The van der Waals surface area contributed by atoms with E-state index in [1.54, 1.807) is 12.1 Å². The van der Waals surface area contributed by atoms with Crippen LogP contribution in [0.4, 0.5) is 0 Å². The van der Waals surface area contributed by atoms with Crippen LogP contribution in [-0.4, -0.2) is 17.2 Å². The molecule has 0 saturated carbocycles. The molecule has 0 atom stereocenters. The van der Waals surface area contributed by atoms with Gasteiger partial charge in [0.25, 0.3) is 5.91 Å². The molecule has 0 spiro atoms. The van der Waals surface area contributed by atoms with Crippen LogP contribution < -0.4 is 10.2 Å². The molecule has 0 fully saturated rings. The van der Waals surface area contributed by atoms with Crippen LogP contribution >= 0.6 is 34.8 Å². The highest BCUT2D eigenvalue weighted by atomic mass is 35.5. The molecule has 1 amide bonds. The third-order valence-corrected chi connectivity index (χ3v) is 5.88. The first-order valence-corrected chi connectivity index (χ1v) is 10.9. The van der Waals surface area contributed by atoms with Crippen LogP contribution in [-0.2, 0) is 6.61 Å². The number of phenolic OH excluding ortho intramolecular Hbond substituents is 1. The standard InChI is InChI=1S/C24H21Cl3N2O3/c1-14(2)16-5-3-15(4-6-16)13-32-21-10-8-18(22(26)23(21)27)12-28-29-24(31)17-7-9-20(30)19(25)11-17/h3-12,14,30H,13H2,1-2H3,(H,29,31). The first-order valence-electron chi connectivity index (χ1n) is 9.77. The molecule has 5 nitrogen and oxygen atoms in total. The van der Waals surface area contributed by atoms with Gasteiger partial charge in [-0.05, 0) is 47.4 Å². The molecule has 0 unspecified atom stereocenters. The fourth-order valence-corrected chi connectivity index (χ4v) is 3.40. The fourth-order valence-electron chi connectivity index (χ4n) is 2.79. The molecule has 0 aliphatic rings. The van der Waals surface area contributed by atoms with E-state index in [1.165, 1.54) is 30.0 Å². The first-order chi connectivity index (χ1) is 15.3. The maximum Gasteiger partial charge on any atom is 0.271 e. The topological polar surface area (TPSA) is 70.9 Å². The Kier molecular flexibility index (Phi) is 8.02. The summed E-state index contributed by atoms with van der Waals surface area (Å²) in [5.74, 6) is 0.317. The van der Waals surface area contributed by atoms with Gasteiger partial charge in [-0.15, -0.1) is 0 Å². The highest BCUT2D eigenvalue weighted by molar-refractivity contribution is 6.44. The molecule has 0 radical (unpaired) electrons. The van der Waals surface area contributed by atoms with E-state index in [4.69, 9.17) is 39.5 Å². The van der Waals surface area contributed by atoms with Crippen molar-refractivity contribution in [3.8, 4) is 11.5 Å². The van der Waals surface area contributed by atoms with E-state index < -0.39 is 5.91 Å². The third kappa shape index (κ3) is 5.94. The largest absolute Gasteiger partial charge is 0.506 e. The van der Waals surface area contributed by atoms with Crippen molar-refractivity contribution in [2.24, 2.45) is 5.10 Å². The molecule has 3 aromatic carbocycles. The molecule has 0 saturated heterocycles. The molecule has 0 aromatic heterocycles. The van der Waals surface area contributed by atoms with Gasteiger partial charge in [-0.1, -0.05) is 72.9 Å². The molecule has 3 aromatic rings. The van der Waals surface area contributed by atoms with Gasteiger partial charge in [-0.3, -0.25) is 4.79 Å². The number of aromatic hydroxyl groups is 1. The normalized spacial score (nSPS) is 11.2. The summed E-state index contributed by atoms with van der Waals surface area (Å²) in [7, 11) is 0. The SMILES string of the molecule is CC(C)c1ccc(COc2ccc(C=NNC(=O)c3ccc(O)c(Cl)c3)c(Cl)c2Cl)cc1. The second kappa shape index (κ2) is 10.7. The second-order valence-electron chi connectivity index (χ2n) is 7.33. The van der Waals surface area contributed by atoms with Gasteiger partial charge in [0, 0.05) is 11.1 Å². The quantitative estimate of drug-likeness (QED) is 0.281. The number of hydrazone groups is 1. The summed E-state index contributed by atoms with van der Waals surface area (Å²) in [6, 6.07) is 15.7. The Morgan fingerprint density at radius 1 is 1.06 bits per heavy atom. The van der Waals surface area contributed by atoms with Crippen LogP contribution in [0.2, 0.25) is 15.1 Å². The first kappa shape index (κ1) is 23.9. The molecule has 166 valence electrons. The molecule has 8 heteroatoms. The zero-order chi connectivity index (χ0) is 23.3. The van der Waals surface area contributed by atoms with E-state index in [0.717, 1.165) is 5.56 Å². The minimum Gasteiger partial charge on any atom is -0.506 e. The number of carbonyl (C=O) groups is 1. The van der Waals surface area contributed by atoms with Crippen molar-refractivity contribution >= 4 is 46.9 Å². The van der Waals surface area contributed by atoms with Gasteiger partial charge in [0.15, 0.2) is 0 Å². The summed E-state index contributed by atoms with van der Waals surface area (Å²) in [6.45, 7) is 4.65. The zero-order valence-corrected chi connectivity index (χ0v) is 19.7. The lowest BCUT2D eigenvalue weighted by atomic mass is 10.0. The highest BCUT2D eigenvalue weighted by Gasteiger charge is 2.11. The van der Waals surface area contributed by atoms with Crippen molar-refractivity contribution in [2.45, 2.75) is 26.4 Å². The number of phenols is 1. The lowest BCUT2D eigenvalue weighted by molar-refractivity contribution is 0.0955. The van der Waals surface area contributed by atoms with Crippen LogP contribution in [0.25, 0.3) is 0 Å². The Hall–Kier alpha value is -2.73. The van der Waals surface area contributed by atoms with Gasteiger partial charge in [-0.2, -0.15) is 5.10 Å². The van der Waals surface area contributed by atoms with E-state index in [0.29, 0.717) is 23.8 Å². The number of nitrogens with zero attached hydrogens (tertiary/aromatic N) is 1. The van der Waals surface area contributed by atoms with Crippen LogP contribution in [0.1, 0.15) is 46.8 Å². The number of amides is 1. The number of benzene rings is 3. The maximum atomic E-state index is 12.1. The number of hydrogen-bond acceptors (Lipinski definition) is 4. The molecular weight excluding hydrogens is 471 g/mol. The Morgan fingerprint density at radius 3 is 2.44 bits per heavy atom. The summed E-state index contributed by atoms with van der Waals surface area (Å²) < 4.78 is 5.82. The Labute approximate surface area is 201 Å². The lowest BCUT2D eigenvalue weighted by Crippen LogP contribution is -2.17. The van der Waals surface area contributed by atoms with Crippen molar-refractivity contribution in [3.63, 3.8) is 0 Å². The molecule has 2 N–H and O–H groups in total. The number of nitrogens with one attached hydrogen (secondary N) is 1. The van der Waals surface area contributed by atoms with Gasteiger partial charge in [0.1, 0.15) is 23.1 Å². The average molecular weight is 492 g/mol. The summed E-state index contributed by atoms with van der Waals surface area (Å²) >= 11 is 18.5. The van der Waals surface area contributed by atoms with Gasteiger partial charge in [-0.25, -0.2) is 5.43 Å². The van der Waals surface area contributed by atoms with Crippen molar-refractivity contribution in [1.29, 1.82) is 0 Å². The van der Waals surface area contributed by atoms with Crippen LogP contribution in [0, 0.1) is 0 Å². The van der Waals surface area contributed by atoms with Crippen molar-refractivity contribution in [1.82, 2.24) is 5.43 Å². The Bertz CT molecular complexity index is 1150. The van der Waals surface area contributed by atoms with E-state index in [2.05, 4.69) is 36.5 Å². The summed E-state index contributed by atoms with van der Waals surface area (Å²) in [6.07, 6.45) is 1.38. The average Bonchev–Trinajstić information content (AvgIpc) is 2.78. The monoisotopic (exact) mass is 490 g/mol. The van der Waals surface area contributed by atoms with Crippen molar-refractivity contribution in [2.75, 3.05) is 0 Å². The number of halogens is 3. The summed E-state index contributed by atoms with van der Waals surface area (Å²) in [5, 5.41) is 13.9. The van der Waals surface area contributed by atoms with Crippen molar-refractivity contribution in [3.05, 3.63) is 91.9 Å². The van der Waals surface area contributed by atoms with E-state index in [1.807, 2.05) is 12.1 Å². The molecule has 0 heterocycles. The number of rotatable bonds is 7. The highest BCUT2D eigenvalue weighted by Crippen LogP contribution is 2.34. The molecule has 32 heavy (non-hydrogen) atoms. The van der Waals surface area contributed by atoms with Gasteiger partial charge in [0.2, 0.25) is 0 Å². The van der Waals surface area contributed by atoms with Crippen LogP contribution in [0.15, 0.2) is 59.7 Å². The number of carbonyl (C=O) groups excluding carboxylic acids is 1. The third-order valence-electron chi connectivity index (χ3n) is 4.70. The minimum atomic E-state index is -0.492. The van der Waals surface area contributed by atoms with E-state index >= 15 is 0 Å². The smallest absolute Gasteiger partial charge is 0.271 e. The van der Waals surface area contributed by atoms with Crippen LogP contribution in [0.3, 0.4) is 0 Å². The second-order valence-corrected chi connectivity index (χ2v) is 8.49. The molecule has 0 aliphatic carbocycles. The maximum absolute atomic E-state index is 12.1. The predicted octanol–water partition coefficient (Wildman–Crippen LogP) is 6.82. The van der Waals surface area contributed by atoms with E-state index in [9.17, 15) is 9.90 Å². The van der Waals surface area contributed by atoms with Gasteiger partial charge < -0.3 is 9.84 Å². The van der Waals surface area contributed by atoms with Gasteiger partial charge in [0.05, 0.1) is 16.3 Å². The minimum absolute atomic E-state index is 0.0721. The van der Waals surface area contributed by atoms with E-state index in [-0.39, 0.29) is 26.4 Å². The Morgan fingerprint density at radius 2 is 1.78 bits per heavy atom. The van der Waals surface area contributed by atoms with Crippen molar-refractivity contribution < 1.29 is 14.6 Å². The number of hydrogen-bond donors (Lipinski definition) is 2. The predicted molar refractivity (Wildman–Crippen MR) is 130 cm³/mol. The molecule has 0 aliphatic heterocycles. The fraction of sp³-hybridized carbons (Fsp3) is 0.167. The molecule has 3 rings (SSSR count). The lowest BCUT2D eigenvalue weighted by Gasteiger charge is -2.11. The van der Waals surface area contributed by atoms with Gasteiger partial charge >= 0.3 is 0 Å².